The summed E-state index contributed by atoms with van der Waals surface area (Å²) in [6, 6.07) is 28.1. The van der Waals surface area contributed by atoms with Crippen LogP contribution in [0.3, 0.4) is 0 Å². The topological polar surface area (TPSA) is 111 Å². The summed E-state index contributed by atoms with van der Waals surface area (Å²) in [5, 5.41) is 43.4. The number of ether oxygens (including phenoxy) is 1. The Morgan fingerprint density at radius 1 is 0.692 bits per heavy atom. The Kier molecular flexibility index (Phi) is 7.18. The van der Waals surface area contributed by atoms with Crippen molar-refractivity contribution in [1.29, 1.82) is 0 Å². The highest BCUT2D eigenvalue weighted by atomic mass is 16.5. The van der Waals surface area contributed by atoms with Gasteiger partial charge in [0, 0.05) is 28.9 Å². The van der Waals surface area contributed by atoms with Gasteiger partial charge in [-0.15, -0.1) is 15.3 Å². The molecule has 0 atom stereocenters. The number of aryl methyl sites for hydroxylation is 2. The number of phenolic OH excluding ortho intramolecular Hbond substituents is 2. The van der Waals surface area contributed by atoms with Crippen LogP contribution in [0.5, 0.6) is 17.2 Å². The van der Waals surface area contributed by atoms with E-state index in [1.807, 2.05) is 92.7 Å². The first-order chi connectivity index (χ1) is 18.9. The lowest BCUT2D eigenvalue weighted by Crippen LogP contribution is -1.90. The molecule has 0 bridgehead atoms. The van der Waals surface area contributed by atoms with Crippen molar-refractivity contribution in [3.05, 3.63) is 102 Å². The van der Waals surface area contributed by atoms with Crippen LogP contribution < -0.4 is 10.1 Å². The quantitative estimate of drug-likeness (QED) is 0.187. The number of rotatable bonds is 7. The van der Waals surface area contributed by atoms with E-state index in [4.69, 9.17) is 4.74 Å². The number of nitrogens with zero attached hydrogens (tertiary/aromatic N) is 4. The van der Waals surface area contributed by atoms with Crippen LogP contribution in [0.4, 0.5) is 34.1 Å². The van der Waals surface area contributed by atoms with E-state index in [9.17, 15) is 10.2 Å². The lowest BCUT2D eigenvalue weighted by Gasteiger charge is -2.11. The predicted molar refractivity (Wildman–Crippen MR) is 154 cm³/mol. The molecule has 39 heavy (non-hydrogen) atoms. The summed E-state index contributed by atoms with van der Waals surface area (Å²) in [6.07, 6.45) is 0. The van der Waals surface area contributed by atoms with E-state index in [-0.39, 0.29) is 17.2 Å². The van der Waals surface area contributed by atoms with Crippen molar-refractivity contribution in [3.63, 3.8) is 0 Å². The van der Waals surface area contributed by atoms with Crippen LogP contribution in [0, 0.1) is 13.8 Å². The van der Waals surface area contributed by atoms with E-state index >= 15 is 0 Å². The van der Waals surface area contributed by atoms with Gasteiger partial charge in [0.15, 0.2) is 5.75 Å². The van der Waals surface area contributed by atoms with Gasteiger partial charge < -0.3 is 20.3 Å². The van der Waals surface area contributed by atoms with Gasteiger partial charge in [0.25, 0.3) is 0 Å². The summed E-state index contributed by atoms with van der Waals surface area (Å²) in [5.74, 6) is 0.235. The molecule has 0 aliphatic heterocycles. The molecule has 0 amide bonds. The number of aromatic hydroxyl groups is 2. The second kappa shape index (κ2) is 11.0. The van der Waals surface area contributed by atoms with Gasteiger partial charge in [0.2, 0.25) is 0 Å². The first-order valence-corrected chi connectivity index (χ1v) is 12.3. The number of nitrogens with one attached hydrogen (secondary N) is 1. The van der Waals surface area contributed by atoms with E-state index in [1.54, 1.807) is 0 Å². The first kappa shape index (κ1) is 25.4. The average molecular weight is 518 g/mol. The van der Waals surface area contributed by atoms with Gasteiger partial charge in [-0.1, -0.05) is 30.3 Å². The van der Waals surface area contributed by atoms with Gasteiger partial charge in [-0.3, -0.25) is 0 Å². The number of methoxy groups -OCH3 is 1. The second-order valence-electron chi connectivity index (χ2n) is 9.07. The number of benzene rings is 5. The smallest absolute Gasteiger partial charge is 0.151 e. The Morgan fingerprint density at radius 3 is 2.26 bits per heavy atom. The minimum absolute atomic E-state index is 0.00930. The molecular formula is C31H27N5O3. The maximum Gasteiger partial charge on any atom is 0.151 e. The van der Waals surface area contributed by atoms with Crippen LogP contribution >= 0.6 is 0 Å². The Balaban J connectivity index is 1.43. The number of anilines is 2. The van der Waals surface area contributed by atoms with Gasteiger partial charge in [0.05, 0.1) is 12.8 Å². The maximum atomic E-state index is 11.0. The Labute approximate surface area is 226 Å². The van der Waals surface area contributed by atoms with Crippen LogP contribution in [0.1, 0.15) is 11.1 Å². The molecule has 0 aliphatic rings. The van der Waals surface area contributed by atoms with E-state index in [0.717, 1.165) is 27.9 Å². The van der Waals surface area contributed by atoms with E-state index in [1.165, 1.54) is 19.2 Å². The monoisotopic (exact) mass is 517 g/mol. The fourth-order valence-electron chi connectivity index (χ4n) is 4.18. The van der Waals surface area contributed by atoms with Gasteiger partial charge in [-0.05, 0) is 78.9 Å². The number of azo groups is 2. The highest BCUT2D eigenvalue weighted by Crippen LogP contribution is 2.43. The number of phenols is 2. The summed E-state index contributed by atoms with van der Waals surface area (Å²) in [6.45, 7) is 3.82. The van der Waals surface area contributed by atoms with Crippen molar-refractivity contribution in [2.45, 2.75) is 13.8 Å². The van der Waals surface area contributed by atoms with Crippen LogP contribution in [0.2, 0.25) is 0 Å². The Morgan fingerprint density at radius 2 is 1.49 bits per heavy atom. The van der Waals surface area contributed by atoms with Crippen molar-refractivity contribution < 1.29 is 14.9 Å². The standard InChI is InChI=1S/C31H27N5O3/c1-19-8-7-11-24(14-19)33-35-27-17-28(37)26(18-29(27)39-3)34-36-30-20(2)15-21-16-23(12-13-25(21)31(30)38)32-22-9-5-4-6-10-22/h4-18,32,37-38H,1-3H3. The SMILES string of the molecule is COc1cc(N=Nc2c(C)cc3cc(Nc4ccccc4)ccc3c2O)c(O)cc1N=Nc1cccc(C)c1. The number of hydrogen-bond donors (Lipinski definition) is 3. The van der Waals surface area contributed by atoms with Crippen LogP contribution in [-0.4, -0.2) is 17.3 Å². The average Bonchev–Trinajstić information content (AvgIpc) is 2.93. The highest BCUT2D eigenvalue weighted by molar-refractivity contribution is 5.96. The van der Waals surface area contributed by atoms with Crippen molar-refractivity contribution in [3.8, 4) is 17.2 Å². The third-order valence-corrected chi connectivity index (χ3v) is 6.15. The molecule has 5 aromatic carbocycles. The number of fused-ring (bicyclic) bond motifs is 1. The molecule has 3 N–H and O–H groups in total. The van der Waals surface area contributed by atoms with Crippen molar-refractivity contribution in [2.24, 2.45) is 20.5 Å². The molecule has 0 aromatic heterocycles. The Bertz CT molecular complexity index is 1720. The first-order valence-electron chi connectivity index (χ1n) is 12.3. The van der Waals surface area contributed by atoms with Crippen LogP contribution in [0.25, 0.3) is 10.8 Å². The molecule has 0 saturated carbocycles. The van der Waals surface area contributed by atoms with Gasteiger partial charge >= 0.3 is 0 Å². The normalized spacial score (nSPS) is 11.5. The Hall–Kier alpha value is -5.24. The molecule has 0 aliphatic carbocycles. The zero-order valence-electron chi connectivity index (χ0n) is 21.8. The van der Waals surface area contributed by atoms with Crippen molar-refractivity contribution in [2.75, 3.05) is 12.4 Å². The van der Waals surface area contributed by atoms with Gasteiger partial charge in [-0.25, -0.2) is 0 Å². The summed E-state index contributed by atoms with van der Waals surface area (Å²) in [5.41, 5.74) is 5.19. The van der Waals surface area contributed by atoms with Crippen LogP contribution in [0.15, 0.2) is 111 Å². The zero-order valence-corrected chi connectivity index (χ0v) is 21.8. The second-order valence-corrected chi connectivity index (χ2v) is 9.07. The molecule has 0 radical (unpaired) electrons. The fourth-order valence-corrected chi connectivity index (χ4v) is 4.18. The summed E-state index contributed by atoms with van der Waals surface area (Å²) >= 11 is 0. The predicted octanol–water partition coefficient (Wildman–Crippen LogP) is 9.45. The molecule has 5 rings (SSSR count). The van der Waals surface area contributed by atoms with E-state index in [2.05, 4.69) is 25.8 Å². The summed E-state index contributed by atoms with van der Waals surface area (Å²) in [7, 11) is 1.50. The van der Waals surface area contributed by atoms with Crippen molar-refractivity contribution >= 4 is 44.9 Å². The molecule has 0 unspecified atom stereocenters. The molecule has 5 aromatic rings. The zero-order chi connectivity index (χ0) is 27.4. The van der Waals surface area contributed by atoms with E-state index in [0.29, 0.717) is 28.2 Å². The molecule has 8 nitrogen and oxygen atoms in total. The molecule has 8 heteroatoms. The third kappa shape index (κ3) is 5.70. The molecule has 194 valence electrons. The molecule has 0 heterocycles. The lowest BCUT2D eigenvalue weighted by atomic mass is 10.0. The van der Waals surface area contributed by atoms with Crippen molar-refractivity contribution in [1.82, 2.24) is 0 Å². The van der Waals surface area contributed by atoms with E-state index < -0.39 is 0 Å². The largest absolute Gasteiger partial charge is 0.506 e. The van der Waals surface area contributed by atoms with Crippen LogP contribution in [-0.2, 0) is 0 Å². The summed E-state index contributed by atoms with van der Waals surface area (Å²) in [4.78, 5) is 0. The lowest BCUT2D eigenvalue weighted by molar-refractivity contribution is 0.413. The maximum absolute atomic E-state index is 11.0. The van der Waals surface area contributed by atoms with Gasteiger partial charge in [0.1, 0.15) is 28.6 Å². The summed E-state index contributed by atoms with van der Waals surface area (Å²) < 4.78 is 5.44. The molecular weight excluding hydrogens is 490 g/mol. The highest BCUT2D eigenvalue weighted by Gasteiger charge is 2.13. The minimum Gasteiger partial charge on any atom is -0.506 e. The number of hydrogen-bond acceptors (Lipinski definition) is 8. The molecule has 0 spiro atoms. The minimum atomic E-state index is -0.146. The third-order valence-electron chi connectivity index (χ3n) is 6.15. The molecule has 0 fully saturated rings. The molecule has 0 saturated heterocycles. The fraction of sp³-hybridized carbons (Fsp3) is 0.0968. The number of para-hydroxylation sites is 1. The van der Waals surface area contributed by atoms with Gasteiger partial charge in [-0.2, -0.15) is 5.11 Å².